The van der Waals surface area contributed by atoms with Gasteiger partial charge in [-0.15, -0.1) is 5.10 Å². The van der Waals surface area contributed by atoms with Crippen LogP contribution in [0.2, 0.25) is 5.02 Å². The van der Waals surface area contributed by atoms with Crippen LogP contribution in [0.3, 0.4) is 0 Å². The van der Waals surface area contributed by atoms with Gasteiger partial charge in [0.2, 0.25) is 11.9 Å². The maximum Gasteiger partial charge on any atom is 0.246 e. The lowest BCUT2D eigenvalue weighted by Gasteiger charge is -2.08. The number of benzene rings is 1. The summed E-state index contributed by atoms with van der Waals surface area (Å²) in [5.41, 5.74) is 5.95. The summed E-state index contributed by atoms with van der Waals surface area (Å²) in [5, 5.41) is 7.05. The SMILES string of the molecule is Nc1ncn(CC(=O)Nc2cccc(Cl)c2Br)n1. The molecule has 0 aliphatic heterocycles. The number of hydrogen-bond donors (Lipinski definition) is 2. The topological polar surface area (TPSA) is 85.8 Å². The van der Waals surface area contributed by atoms with E-state index in [-0.39, 0.29) is 18.4 Å². The van der Waals surface area contributed by atoms with Crippen LogP contribution in [0, 0.1) is 0 Å². The average Bonchev–Trinajstić information content (AvgIpc) is 2.70. The Morgan fingerprint density at radius 1 is 1.56 bits per heavy atom. The minimum Gasteiger partial charge on any atom is -0.367 e. The van der Waals surface area contributed by atoms with E-state index in [0.717, 1.165) is 0 Å². The van der Waals surface area contributed by atoms with Crippen LogP contribution in [0.25, 0.3) is 0 Å². The van der Waals surface area contributed by atoms with Crippen LogP contribution in [-0.4, -0.2) is 20.7 Å². The summed E-state index contributed by atoms with van der Waals surface area (Å²) in [6.07, 6.45) is 1.39. The van der Waals surface area contributed by atoms with Crippen molar-refractivity contribution >= 4 is 45.1 Å². The predicted molar refractivity (Wildman–Crippen MR) is 72.2 cm³/mol. The van der Waals surface area contributed by atoms with E-state index in [2.05, 4.69) is 31.3 Å². The van der Waals surface area contributed by atoms with Crippen molar-refractivity contribution in [3.05, 3.63) is 34.0 Å². The Hall–Kier alpha value is -1.60. The summed E-state index contributed by atoms with van der Waals surface area (Å²) >= 11 is 9.22. The van der Waals surface area contributed by atoms with Crippen molar-refractivity contribution in [3.63, 3.8) is 0 Å². The maximum atomic E-state index is 11.8. The van der Waals surface area contributed by atoms with E-state index in [1.54, 1.807) is 18.2 Å². The second-order valence-electron chi connectivity index (χ2n) is 3.45. The third-order valence-corrected chi connectivity index (χ3v) is 3.48. The number of halogens is 2. The van der Waals surface area contributed by atoms with Gasteiger partial charge in [-0.05, 0) is 28.1 Å². The van der Waals surface area contributed by atoms with E-state index in [1.807, 2.05) is 0 Å². The lowest BCUT2D eigenvalue weighted by Crippen LogP contribution is -2.19. The van der Waals surface area contributed by atoms with Crippen molar-refractivity contribution in [1.82, 2.24) is 14.8 Å². The zero-order valence-corrected chi connectivity index (χ0v) is 11.4. The monoisotopic (exact) mass is 329 g/mol. The van der Waals surface area contributed by atoms with Gasteiger partial charge in [-0.3, -0.25) is 4.79 Å². The number of nitrogens with two attached hydrogens (primary N) is 1. The molecule has 1 aromatic carbocycles. The Bertz CT molecular complexity index is 585. The largest absolute Gasteiger partial charge is 0.367 e. The molecule has 0 fully saturated rings. The number of amides is 1. The Morgan fingerprint density at radius 3 is 3.00 bits per heavy atom. The van der Waals surface area contributed by atoms with Crippen LogP contribution in [-0.2, 0) is 11.3 Å². The first-order valence-electron chi connectivity index (χ1n) is 4.95. The summed E-state index contributed by atoms with van der Waals surface area (Å²) in [4.78, 5) is 15.5. The fraction of sp³-hybridized carbons (Fsp3) is 0.100. The predicted octanol–water partition coefficient (Wildman–Crippen LogP) is 1.91. The summed E-state index contributed by atoms with van der Waals surface area (Å²) in [5.74, 6) is -0.116. The van der Waals surface area contributed by atoms with Gasteiger partial charge < -0.3 is 11.1 Å². The van der Waals surface area contributed by atoms with Crippen molar-refractivity contribution in [2.24, 2.45) is 0 Å². The van der Waals surface area contributed by atoms with E-state index < -0.39 is 0 Å². The zero-order chi connectivity index (χ0) is 13.1. The van der Waals surface area contributed by atoms with Gasteiger partial charge in [0.15, 0.2) is 0 Å². The Balaban J connectivity index is 2.05. The van der Waals surface area contributed by atoms with Crippen LogP contribution in [0.5, 0.6) is 0 Å². The molecule has 2 aromatic rings. The standard InChI is InChI=1S/C10H9BrClN5O/c11-9-6(12)2-1-3-7(9)15-8(18)4-17-5-14-10(13)16-17/h1-3,5H,4H2,(H2,13,16)(H,15,18). The van der Waals surface area contributed by atoms with E-state index in [4.69, 9.17) is 17.3 Å². The summed E-state index contributed by atoms with van der Waals surface area (Å²) in [6, 6.07) is 5.21. The second-order valence-corrected chi connectivity index (χ2v) is 4.65. The first-order valence-corrected chi connectivity index (χ1v) is 6.12. The lowest BCUT2D eigenvalue weighted by atomic mass is 10.3. The van der Waals surface area contributed by atoms with Gasteiger partial charge in [-0.1, -0.05) is 17.7 Å². The number of nitrogens with one attached hydrogen (secondary N) is 1. The summed E-state index contributed by atoms with van der Waals surface area (Å²) < 4.78 is 1.99. The molecule has 0 unspecified atom stereocenters. The molecule has 1 heterocycles. The molecule has 3 N–H and O–H groups in total. The van der Waals surface area contributed by atoms with E-state index in [0.29, 0.717) is 15.2 Å². The number of carbonyl (C=O) groups excluding carboxylic acids is 1. The van der Waals surface area contributed by atoms with Gasteiger partial charge in [0, 0.05) is 0 Å². The first kappa shape index (κ1) is 12.8. The van der Waals surface area contributed by atoms with Crippen molar-refractivity contribution in [2.75, 3.05) is 11.1 Å². The van der Waals surface area contributed by atoms with Crippen molar-refractivity contribution < 1.29 is 4.79 Å². The van der Waals surface area contributed by atoms with E-state index >= 15 is 0 Å². The van der Waals surface area contributed by atoms with Crippen molar-refractivity contribution in [2.45, 2.75) is 6.54 Å². The van der Waals surface area contributed by atoms with Gasteiger partial charge in [0.1, 0.15) is 12.9 Å². The van der Waals surface area contributed by atoms with Crippen LogP contribution in [0.4, 0.5) is 11.6 Å². The molecule has 94 valence electrons. The highest BCUT2D eigenvalue weighted by atomic mass is 79.9. The molecule has 6 nitrogen and oxygen atoms in total. The number of aromatic nitrogens is 3. The third kappa shape index (κ3) is 2.99. The normalized spacial score (nSPS) is 10.3. The first-order chi connectivity index (χ1) is 8.56. The van der Waals surface area contributed by atoms with Crippen LogP contribution >= 0.6 is 27.5 Å². The molecule has 1 aromatic heterocycles. The molecule has 1 amide bonds. The highest BCUT2D eigenvalue weighted by molar-refractivity contribution is 9.10. The molecule has 18 heavy (non-hydrogen) atoms. The molecule has 0 saturated heterocycles. The maximum absolute atomic E-state index is 11.8. The molecular formula is C10H9BrClN5O. The van der Waals surface area contributed by atoms with Gasteiger partial charge >= 0.3 is 0 Å². The Morgan fingerprint density at radius 2 is 2.33 bits per heavy atom. The molecule has 0 spiro atoms. The highest BCUT2D eigenvalue weighted by Crippen LogP contribution is 2.29. The molecule has 0 aliphatic rings. The molecule has 8 heteroatoms. The molecule has 0 saturated carbocycles. The van der Waals surface area contributed by atoms with Gasteiger partial charge in [0.25, 0.3) is 0 Å². The van der Waals surface area contributed by atoms with Gasteiger partial charge in [-0.2, -0.15) is 0 Å². The van der Waals surface area contributed by atoms with Gasteiger partial charge in [-0.25, -0.2) is 9.67 Å². The summed E-state index contributed by atoms with van der Waals surface area (Å²) in [6.45, 7) is 0.0309. The minimum atomic E-state index is -0.247. The number of nitrogen functional groups attached to an aromatic ring is 1. The molecule has 0 radical (unpaired) electrons. The number of carbonyl (C=O) groups is 1. The summed E-state index contributed by atoms with van der Waals surface area (Å²) in [7, 11) is 0. The smallest absolute Gasteiger partial charge is 0.246 e. The van der Waals surface area contributed by atoms with Crippen molar-refractivity contribution in [1.29, 1.82) is 0 Å². The van der Waals surface area contributed by atoms with Crippen LogP contribution in [0.1, 0.15) is 0 Å². The van der Waals surface area contributed by atoms with Crippen LogP contribution in [0.15, 0.2) is 29.0 Å². The number of anilines is 2. The highest BCUT2D eigenvalue weighted by Gasteiger charge is 2.09. The zero-order valence-electron chi connectivity index (χ0n) is 9.10. The molecule has 0 atom stereocenters. The molecular weight excluding hydrogens is 322 g/mol. The fourth-order valence-corrected chi connectivity index (χ4v) is 1.86. The Labute approximate surface area is 116 Å². The van der Waals surface area contributed by atoms with Crippen LogP contribution < -0.4 is 11.1 Å². The number of nitrogens with zero attached hydrogens (tertiary/aromatic N) is 3. The van der Waals surface area contributed by atoms with E-state index in [1.165, 1.54) is 11.0 Å². The average molecular weight is 331 g/mol. The molecule has 2 rings (SSSR count). The molecule has 0 bridgehead atoms. The number of hydrogen-bond acceptors (Lipinski definition) is 4. The van der Waals surface area contributed by atoms with Crippen molar-refractivity contribution in [3.8, 4) is 0 Å². The second kappa shape index (κ2) is 5.36. The third-order valence-electron chi connectivity index (χ3n) is 2.09. The Kier molecular flexibility index (Phi) is 3.83. The molecule has 0 aliphatic carbocycles. The lowest BCUT2D eigenvalue weighted by molar-refractivity contribution is -0.116. The quantitative estimate of drug-likeness (QED) is 0.900. The number of rotatable bonds is 3. The van der Waals surface area contributed by atoms with Gasteiger partial charge in [0.05, 0.1) is 15.2 Å². The van der Waals surface area contributed by atoms with E-state index in [9.17, 15) is 4.79 Å². The minimum absolute atomic E-state index is 0.0309. The fourth-order valence-electron chi connectivity index (χ4n) is 1.32.